The molecule has 0 heterocycles. The normalized spacial score (nSPS) is 10.2. The van der Waals surface area contributed by atoms with Gasteiger partial charge in [-0.25, -0.2) is 5.06 Å². The number of amides is 2. The predicted octanol–water partition coefficient (Wildman–Crippen LogP) is -0.373. The Morgan fingerprint density at radius 2 is 1.76 bits per heavy atom. The van der Waals surface area contributed by atoms with E-state index in [1.165, 1.54) is 13.8 Å². The van der Waals surface area contributed by atoms with Gasteiger partial charge in [0.2, 0.25) is 5.91 Å². The van der Waals surface area contributed by atoms with Gasteiger partial charge in [-0.15, -0.1) is 0 Å². The SMILES string of the molecule is C=C(C)C(=O)N[C@@H](C)C(=O)O.C=CC(=O)N(O)CC(=O)O. The van der Waals surface area contributed by atoms with Gasteiger partial charge in [-0.2, -0.15) is 0 Å². The quantitative estimate of drug-likeness (QED) is 0.297. The van der Waals surface area contributed by atoms with Crippen molar-refractivity contribution in [1.29, 1.82) is 0 Å². The van der Waals surface area contributed by atoms with E-state index in [9.17, 15) is 19.2 Å². The van der Waals surface area contributed by atoms with Crippen molar-refractivity contribution in [3.8, 4) is 0 Å². The van der Waals surface area contributed by atoms with E-state index in [4.69, 9.17) is 15.4 Å². The van der Waals surface area contributed by atoms with Crippen LogP contribution < -0.4 is 5.32 Å². The Morgan fingerprint density at radius 3 is 2.05 bits per heavy atom. The Kier molecular flexibility index (Phi) is 9.97. The molecule has 0 radical (unpaired) electrons. The molecule has 9 nitrogen and oxygen atoms in total. The number of rotatable bonds is 6. The van der Waals surface area contributed by atoms with Gasteiger partial charge in [0, 0.05) is 5.57 Å². The number of carboxylic acids is 2. The molecule has 0 aromatic rings. The van der Waals surface area contributed by atoms with Crippen LogP contribution in [0.5, 0.6) is 0 Å². The van der Waals surface area contributed by atoms with E-state index in [0.717, 1.165) is 6.08 Å². The summed E-state index contributed by atoms with van der Waals surface area (Å²) in [5.41, 5.74) is 0.304. The van der Waals surface area contributed by atoms with Gasteiger partial charge in [-0.05, 0) is 19.9 Å². The number of hydroxylamine groups is 2. The monoisotopic (exact) mass is 302 g/mol. The van der Waals surface area contributed by atoms with Crippen LogP contribution in [0.2, 0.25) is 0 Å². The first-order valence-electron chi connectivity index (χ1n) is 5.56. The van der Waals surface area contributed by atoms with Gasteiger partial charge >= 0.3 is 11.9 Å². The highest BCUT2D eigenvalue weighted by atomic mass is 16.5. The maximum Gasteiger partial charge on any atom is 0.325 e. The summed E-state index contributed by atoms with van der Waals surface area (Å²) in [4.78, 5) is 41.2. The Bertz CT molecular complexity index is 445. The number of carbonyl (C=O) groups excluding carboxylic acids is 2. The summed E-state index contributed by atoms with van der Waals surface area (Å²) < 4.78 is 0. The zero-order valence-corrected chi connectivity index (χ0v) is 11.7. The molecule has 0 aliphatic heterocycles. The van der Waals surface area contributed by atoms with Gasteiger partial charge in [0.25, 0.3) is 5.91 Å². The largest absolute Gasteiger partial charge is 0.480 e. The molecule has 0 rings (SSSR count). The molecule has 0 spiro atoms. The van der Waals surface area contributed by atoms with E-state index in [1.807, 2.05) is 0 Å². The third kappa shape index (κ3) is 10.9. The van der Waals surface area contributed by atoms with Crippen LogP contribution >= 0.6 is 0 Å². The van der Waals surface area contributed by atoms with Gasteiger partial charge in [0.1, 0.15) is 12.6 Å². The molecule has 0 fully saturated rings. The summed E-state index contributed by atoms with van der Waals surface area (Å²) in [6, 6.07) is -0.862. The lowest BCUT2D eigenvalue weighted by molar-refractivity contribution is -0.169. The molecule has 0 bridgehead atoms. The van der Waals surface area contributed by atoms with Crippen LogP contribution in [-0.2, 0) is 19.2 Å². The second kappa shape index (κ2) is 10.1. The third-order valence-corrected chi connectivity index (χ3v) is 1.82. The molecule has 21 heavy (non-hydrogen) atoms. The summed E-state index contributed by atoms with van der Waals surface area (Å²) in [6.45, 7) is 8.59. The van der Waals surface area contributed by atoms with Crippen LogP contribution in [-0.4, -0.2) is 56.8 Å². The van der Waals surface area contributed by atoms with E-state index in [0.29, 0.717) is 5.57 Å². The number of carbonyl (C=O) groups is 4. The topological polar surface area (TPSA) is 144 Å². The molecule has 118 valence electrons. The molecule has 0 aromatic carbocycles. The highest BCUT2D eigenvalue weighted by Crippen LogP contribution is 1.88. The summed E-state index contributed by atoms with van der Waals surface area (Å²) in [5, 5.41) is 27.2. The summed E-state index contributed by atoms with van der Waals surface area (Å²) in [5.74, 6) is -3.60. The Hall–Kier alpha value is -2.68. The van der Waals surface area contributed by atoms with Crippen molar-refractivity contribution in [3.63, 3.8) is 0 Å². The fourth-order valence-corrected chi connectivity index (χ4v) is 0.693. The van der Waals surface area contributed by atoms with Crippen molar-refractivity contribution in [2.45, 2.75) is 19.9 Å². The fourth-order valence-electron chi connectivity index (χ4n) is 0.693. The van der Waals surface area contributed by atoms with Gasteiger partial charge in [0.15, 0.2) is 0 Å². The van der Waals surface area contributed by atoms with E-state index in [1.54, 1.807) is 0 Å². The lowest BCUT2D eigenvalue weighted by Gasteiger charge is -2.07. The lowest BCUT2D eigenvalue weighted by Crippen LogP contribution is -2.38. The van der Waals surface area contributed by atoms with Gasteiger partial charge < -0.3 is 15.5 Å². The molecular formula is C12H18N2O7. The highest BCUT2D eigenvalue weighted by molar-refractivity contribution is 5.94. The van der Waals surface area contributed by atoms with Crippen molar-refractivity contribution in [3.05, 3.63) is 24.8 Å². The smallest absolute Gasteiger partial charge is 0.325 e. The maximum atomic E-state index is 10.8. The first kappa shape index (κ1) is 20.6. The number of nitrogens with zero attached hydrogens (tertiary/aromatic N) is 1. The van der Waals surface area contributed by atoms with Gasteiger partial charge in [-0.3, -0.25) is 24.4 Å². The summed E-state index contributed by atoms with van der Waals surface area (Å²) in [7, 11) is 0. The van der Waals surface area contributed by atoms with Crippen LogP contribution in [0, 0.1) is 0 Å². The van der Waals surface area contributed by atoms with Crippen molar-refractivity contribution < 1.29 is 34.6 Å². The Morgan fingerprint density at radius 1 is 1.29 bits per heavy atom. The average Bonchev–Trinajstić information content (AvgIpc) is 2.37. The van der Waals surface area contributed by atoms with E-state index >= 15 is 0 Å². The second-order valence-corrected chi connectivity index (χ2v) is 3.81. The average molecular weight is 302 g/mol. The van der Waals surface area contributed by atoms with Crippen LogP contribution in [0.1, 0.15) is 13.8 Å². The van der Waals surface area contributed by atoms with Crippen molar-refractivity contribution >= 4 is 23.8 Å². The number of hydrogen-bond donors (Lipinski definition) is 4. The van der Waals surface area contributed by atoms with E-state index in [2.05, 4.69) is 18.5 Å². The van der Waals surface area contributed by atoms with Crippen LogP contribution in [0.25, 0.3) is 0 Å². The number of aliphatic carboxylic acids is 2. The standard InChI is InChI=1S/C7H11NO3.C5H7NO4/c1-4(2)6(9)8-5(3)7(10)11;1-2-4(7)6(10)3-5(8)9/h5H,1H2,2-3H3,(H,8,9)(H,10,11);2,10H,1,3H2,(H,8,9)/t5-;/m0./s1. The lowest BCUT2D eigenvalue weighted by atomic mass is 10.3. The van der Waals surface area contributed by atoms with Gasteiger partial charge in [-0.1, -0.05) is 13.2 Å². The van der Waals surface area contributed by atoms with Crippen molar-refractivity contribution in [2.75, 3.05) is 6.54 Å². The third-order valence-electron chi connectivity index (χ3n) is 1.82. The number of carboxylic acid groups (broad SMARTS) is 2. The molecule has 4 N–H and O–H groups in total. The minimum atomic E-state index is -1.28. The van der Waals surface area contributed by atoms with Crippen LogP contribution in [0.4, 0.5) is 0 Å². The van der Waals surface area contributed by atoms with Crippen molar-refractivity contribution in [1.82, 2.24) is 10.4 Å². The molecule has 0 saturated carbocycles. The molecular weight excluding hydrogens is 284 g/mol. The van der Waals surface area contributed by atoms with Crippen LogP contribution in [0.3, 0.4) is 0 Å². The minimum absolute atomic E-state index is 0.0648. The zero-order chi connectivity index (χ0) is 17.2. The summed E-state index contributed by atoms with van der Waals surface area (Å²) >= 11 is 0. The molecule has 2 amide bonds. The molecule has 0 aliphatic carbocycles. The molecule has 1 atom stereocenters. The second-order valence-electron chi connectivity index (χ2n) is 3.81. The summed E-state index contributed by atoms with van der Waals surface area (Å²) in [6.07, 6.45) is 0.822. The molecule has 0 aromatic heterocycles. The highest BCUT2D eigenvalue weighted by Gasteiger charge is 2.13. The maximum absolute atomic E-state index is 10.8. The Balaban J connectivity index is 0. The molecule has 0 saturated heterocycles. The van der Waals surface area contributed by atoms with Crippen molar-refractivity contribution in [2.24, 2.45) is 0 Å². The van der Waals surface area contributed by atoms with Gasteiger partial charge in [0.05, 0.1) is 0 Å². The Labute approximate surface area is 121 Å². The van der Waals surface area contributed by atoms with E-state index < -0.39 is 36.3 Å². The molecule has 0 unspecified atom stereocenters. The van der Waals surface area contributed by atoms with Crippen LogP contribution in [0.15, 0.2) is 24.8 Å². The molecule has 9 heteroatoms. The zero-order valence-electron chi connectivity index (χ0n) is 11.7. The fraction of sp³-hybridized carbons (Fsp3) is 0.333. The van der Waals surface area contributed by atoms with E-state index in [-0.39, 0.29) is 5.06 Å². The first-order chi connectivity index (χ1) is 9.52. The number of hydrogen-bond acceptors (Lipinski definition) is 5. The number of nitrogens with one attached hydrogen (secondary N) is 1. The molecule has 0 aliphatic rings. The minimum Gasteiger partial charge on any atom is -0.480 e. The first-order valence-corrected chi connectivity index (χ1v) is 5.56. The predicted molar refractivity (Wildman–Crippen MR) is 71.4 cm³/mol.